The van der Waals surface area contributed by atoms with Crippen LogP contribution in [0.4, 0.5) is 4.79 Å². The molecule has 1 aliphatic heterocycles. The number of barbiturate groups is 1. The van der Waals surface area contributed by atoms with E-state index in [2.05, 4.69) is 9.88 Å². The van der Waals surface area contributed by atoms with Crippen molar-refractivity contribution < 1.29 is 19.1 Å². The molecule has 7 heteroatoms. The van der Waals surface area contributed by atoms with E-state index in [1.165, 1.54) is 10.5 Å². The number of carbonyl (C=O) groups is 3. The number of carbonyl (C=O) groups excluding carboxylic acids is 3. The van der Waals surface area contributed by atoms with Crippen LogP contribution < -0.4 is 10.1 Å². The quantitative estimate of drug-likeness (QED) is 0.283. The molecule has 3 aromatic rings. The Morgan fingerprint density at radius 3 is 2.53 bits per heavy atom. The molecule has 1 N–H and O–H groups in total. The second-order valence-electron chi connectivity index (χ2n) is 9.59. The maximum absolute atomic E-state index is 13.3. The number of imide groups is 2. The first-order valence-electron chi connectivity index (χ1n) is 12.7. The first-order chi connectivity index (χ1) is 17.5. The first kappa shape index (κ1) is 23.9. The lowest BCUT2D eigenvalue weighted by atomic mass is 9.93. The zero-order chi connectivity index (χ0) is 25.1. The molecule has 2 aliphatic rings. The van der Waals surface area contributed by atoms with Crippen molar-refractivity contribution in [3.8, 4) is 5.75 Å². The van der Waals surface area contributed by atoms with Crippen LogP contribution in [0.1, 0.15) is 49.7 Å². The van der Waals surface area contributed by atoms with E-state index >= 15 is 0 Å². The van der Waals surface area contributed by atoms with Crippen molar-refractivity contribution in [2.45, 2.75) is 58.0 Å². The van der Waals surface area contributed by atoms with Crippen molar-refractivity contribution >= 4 is 34.8 Å². The molecule has 1 saturated heterocycles. The first-order valence-corrected chi connectivity index (χ1v) is 12.7. The lowest BCUT2D eigenvalue weighted by molar-refractivity contribution is -0.132. The number of hydrogen-bond acceptors (Lipinski definition) is 4. The minimum Gasteiger partial charge on any atom is -0.494 e. The van der Waals surface area contributed by atoms with Gasteiger partial charge in [0.2, 0.25) is 0 Å². The number of hydrogen-bond donors (Lipinski definition) is 1. The van der Waals surface area contributed by atoms with E-state index in [4.69, 9.17) is 4.74 Å². The zero-order valence-electron chi connectivity index (χ0n) is 20.5. The van der Waals surface area contributed by atoms with Crippen molar-refractivity contribution in [2.75, 3.05) is 6.61 Å². The van der Waals surface area contributed by atoms with Crippen LogP contribution >= 0.6 is 0 Å². The summed E-state index contributed by atoms with van der Waals surface area (Å²) in [6.07, 6.45) is 9.02. The highest BCUT2D eigenvalue weighted by molar-refractivity contribution is 6.31. The van der Waals surface area contributed by atoms with Gasteiger partial charge in [0.25, 0.3) is 11.8 Å². The van der Waals surface area contributed by atoms with Crippen molar-refractivity contribution in [1.29, 1.82) is 0 Å². The highest BCUT2D eigenvalue weighted by Gasteiger charge is 2.40. The van der Waals surface area contributed by atoms with E-state index in [9.17, 15) is 14.4 Å². The normalized spacial score (nSPS) is 18.2. The summed E-state index contributed by atoms with van der Waals surface area (Å²) in [6.45, 7) is 3.34. The van der Waals surface area contributed by atoms with E-state index in [1.807, 2.05) is 61.7 Å². The minimum absolute atomic E-state index is 0.00535. The molecule has 2 aromatic carbocycles. The van der Waals surface area contributed by atoms with Crippen LogP contribution in [-0.4, -0.2) is 40.0 Å². The highest BCUT2D eigenvalue weighted by atomic mass is 16.5. The number of rotatable bonds is 7. The molecule has 1 aliphatic carbocycles. The average molecular weight is 486 g/mol. The van der Waals surface area contributed by atoms with E-state index in [-0.39, 0.29) is 11.6 Å². The van der Waals surface area contributed by atoms with E-state index in [0.29, 0.717) is 6.61 Å². The summed E-state index contributed by atoms with van der Waals surface area (Å²) >= 11 is 0. The van der Waals surface area contributed by atoms with Crippen molar-refractivity contribution in [1.82, 2.24) is 14.8 Å². The maximum atomic E-state index is 13.3. The predicted octanol–water partition coefficient (Wildman–Crippen LogP) is 5.21. The summed E-state index contributed by atoms with van der Waals surface area (Å²) in [6, 6.07) is 15.2. The summed E-state index contributed by atoms with van der Waals surface area (Å²) in [4.78, 5) is 39.8. The van der Waals surface area contributed by atoms with Gasteiger partial charge in [-0.3, -0.25) is 19.8 Å². The van der Waals surface area contributed by atoms with Gasteiger partial charge in [-0.2, -0.15) is 0 Å². The maximum Gasteiger partial charge on any atom is 0.331 e. The van der Waals surface area contributed by atoms with Crippen LogP contribution in [0.15, 0.2) is 60.3 Å². The number of aryl methyl sites for hydroxylation is 2. The van der Waals surface area contributed by atoms with E-state index in [1.54, 1.807) is 6.08 Å². The standard InChI is InChI=1S/C29H31N3O4/c1-20-12-14-23(15-13-20)36-17-7-16-31-19-21(24-10-5-6-11-26(24)31)18-25-27(33)30-29(35)32(28(25)34)22-8-3-2-4-9-22/h5-6,10-15,18-19,22H,2-4,7-9,16-17H2,1H3,(H,30,33,35)/b25-18-. The van der Waals surface area contributed by atoms with Crippen LogP contribution in [0.3, 0.4) is 0 Å². The number of urea groups is 1. The Kier molecular flexibility index (Phi) is 6.89. The van der Waals surface area contributed by atoms with Gasteiger partial charge in [0.15, 0.2) is 0 Å². The number of nitrogens with zero attached hydrogens (tertiary/aromatic N) is 2. The molecule has 2 heterocycles. The van der Waals surface area contributed by atoms with Crippen molar-refractivity contribution in [2.24, 2.45) is 0 Å². The molecule has 36 heavy (non-hydrogen) atoms. The zero-order valence-corrected chi connectivity index (χ0v) is 20.5. The van der Waals surface area contributed by atoms with Gasteiger partial charge < -0.3 is 9.30 Å². The van der Waals surface area contributed by atoms with E-state index in [0.717, 1.165) is 67.3 Å². The molecular weight excluding hydrogens is 454 g/mol. The van der Waals surface area contributed by atoms with Gasteiger partial charge in [0.1, 0.15) is 11.3 Å². The molecule has 2 fully saturated rings. The van der Waals surface area contributed by atoms with Crippen LogP contribution in [0.5, 0.6) is 5.75 Å². The summed E-state index contributed by atoms with van der Waals surface area (Å²) in [7, 11) is 0. The lowest BCUT2D eigenvalue weighted by Crippen LogP contribution is -2.58. The largest absolute Gasteiger partial charge is 0.494 e. The molecule has 7 nitrogen and oxygen atoms in total. The number of benzene rings is 2. The molecule has 0 atom stereocenters. The molecule has 5 rings (SSSR count). The molecule has 0 bridgehead atoms. The Balaban J connectivity index is 1.36. The molecule has 0 radical (unpaired) electrons. The number of amides is 4. The van der Waals surface area contributed by atoms with Crippen LogP contribution in [-0.2, 0) is 16.1 Å². The second-order valence-corrected chi connectivity index (χ2v) is 9.59. The number of ether oxygens (including phenoxy) is 1. The molecular formula is C29H31N3O4. The number of aromatic nitrogens is 1. The topological polar surface area (TPSA) is 80.6 Å². The van der Waals surface area contributed by atoms with Gasteiger partial charge in [-0.15, -0.1) is 0 Å². The van der Waals surface area contributed by atoms with Crippen LogP contribution in [0.25, 0.3) is 17.0 Å². The van der Waals surface area contributed by atoms with Crippen molar-refractivity contribution in [3.05, 3.63) is 71.4 Å². The molecule has 0 spiro atoms. The summed E-state index contributed by atoms with van der Waals surface area (Å²) in [5.74, 6) is -0.290. The molecule has 1 saturated carbocycles. The fourth-order valence-corrected chi connectivity index (χ4v) is 5.13. The predicted molar refractivity (Wildman–Crippen MR) is 138 cm³/mol. The van der Waals surface area contributed by atoms with Gasteiger partial charge in [-0.1, -0.05) is 55.2 Å². The lowest BCUT2D eigenvalue weighted by Gasteiger charge is -2.35. The molecule has 186 valence electrons. The van der Waals surface area contributed by atoms with Gasteiger partial charge >= 0.3 is 6.03 Å². The fraction of sp³-hybridized carbons (Fsp3) is 0.345. The smallest absolute Gasteiger partial charge is 0.331 e. The Labute approximate surface area is 210 Å². The van der Waals surface area contributed by atoms with Crippen LogP contribution in [0.2, 0.25) is 0 Å². The third-order valence-corrected chi connectivity index (χ3v) is 7.03. The summed E-state index contributed by atoms with van der Waals surface area (Å²) in [5, 5.41) is 3.33. The van der Waals surface area contributed by atoms with Crippen LogP contribution in [0, 0.1) is 6.92 Å². The monoisotopic (exact) mass is 485 g/mol. The Morgan fingerprint density at radius 2 is 1.75 bits per heavy atom. The Morgan fingerprint density at radius 1 is 1.00 bits per heavy atom. The Hall–Kier alpha value is -3.87. The average Bonchev–Trinajstić information content (AvgIpc) is 3.23. The third-order valence-electron chi connectivity index (χ3n) is 7.03. The SMILES string of the molecule is Cc1ccc(OCCCn2cc(/C=C3/C(=O)NC(=O)N(C4CCCCC4)C3=O)c3ccccc32)cc1. The number of nitrogens with one attached hydrogen (secondary N) is 1. The number of fused-ring (bicyclic) bond motifs is 1. The van der Waals surface area contributed by atoms with E-state index < -0.39 is 17.8 Å². The van der Waals surface area contributed by atoms with Gasteiger partial charge in [-0.05, 0) is 50.5 Å². The molecule has 0 unspecified atom stereocenters. The molecule has 1 aromatic heterocycles. The van der Waals surface area contributed by atoms with Gasteiger partial charge in [-0.25, -0.2) is 4.79 Å². The summed E-state index contributed by atoms with van der Waals surface area (Å²) in [5.41, 5.74) is 3.00. The summed E-state index contributed by atoms with van der Waals surface area (Å²) < 4.78 is 7.99. The fourth-order valence-electron chi connectivity index (χ4n) is 5.13. The van der Waals surface area contributed by atoms with Gasteiger partial charge in [0.05, 0.1) is 6.61 Å². The third kappa shape index (κ3) is 4.91. The number of para-hydroxylation sites is 1. The Bertz CT molecular complexity index is 1320. The second kappa shape index (κ2) is 10.4. The minimum atomic E-state index is -0.639. The molecule has 4 amide bonds. The van der Waals surface area contributed by atoms with Crippen molar-refractivity contribution in [3.63, 3.8) is 0 Å². The van der Waals surface area contributed by atoms with Gasteiger partial charge in [0, 0.05) is 35.2 Å². The highest BCUT2D eigenvalue weighted by Crippen LogP contribution is 2.28.